The van der Waals surface area contributed by atoms with E-state index in [1.807, 2.05) is 12.1 Å². The standard InChI is InChI=1S/C33H34F2N4OS/c34-27-3-1-24(2-4-27)20-33-21-25(22-36)32(37-29-7-5-28(35)6-8-29)19-26(33)13-14-39(23-33)41-31-11-9-30(10-12-31)38-15-17-40-18-16-38/h1-12,19,22H,13-18,20-21,23,36H2. The molecule has 2 aliphatic heterocycles. The fourth-order valence-corrected chi connectivity index (χ4v) is 7.08. The minimum atomic E-state index is -0.288. The molecule has 0 aromatic heterocycles. The highest BCUT2D eigenvalue weighted by molar-refractivity contribution is 7.97. The second kappa shape index (κ2) is 12.2. The van der Waals surface area contributed by atoms with Crippen LogP contribution in [0.5, 0.6) is 0 Å². The first kappa shape index (κ1) is 27.7. The Morgan fingerprint density at radius 1 is 0.902 bits per heavy atom. The van der Waals surface area contributed by atoms with E-state index >= 15 is 0 Å². The van der Waals surface area contributed by atoms with Gasteiger partial charge in [-0.05, 0) is 115 Å². The Kier molecular flexibility index (Phi) is 8.23. The number of nitrogens with zero attached hydrogens (tertiary/aromatic N) is 3. The summed E-state index contributed by atoms with van der Waals surface area (Å²) in [5.74, 6) is -0.521. The Morgan fingerprint density at radius 2 is 1.59 bits per heavy atom. The van der Waals surface area contributed by atoms with Crippen molar-refractivity contribution in [3.63, 3.8) is 0 Å². The number of allylic oxidation sites excluding steroid dienone is 2. The molecule has 41 heavy (non-hydrogen) atoms. The number of hydrogen-bond acceptors (Lipinski definition) is 6. The molecule has 0 spiro atoms. The molecule has 1 atom stereocenters. The Balaban J connectivity index is 1.27. The van der Waals surface area contributed by atoms with Crippen LogP contribution in [0, 0.1) is 17.0 Å². The molecule has 0 radical (unpaired) electrons. The van der Waals surface area contributed by atoms with Gasteiger partial charge in [0.05, 0.1) is 24.6 Å². The number of piperidine rings is 1. The molecule has 3 aliphatic rings. The maximum atomic E-state index is 13.8. The molecule has 1 aliphatic carbocycles. The summed E-state index contributed by atoms with van der Waals surface area (Å²) in [6.45, 7) is 5.11. The summed E-state index contributed by atoms with van der Waals surface area (Å²) in [5, 5.41) is 0. The predicted octanol–water partition coefficient (Wildman–Crippen LogP) is 6.69. The number of hydrogen-bond donors (Lipinski definition) is 1. The highest BCUT2D eigenvalue weighted by Crippen LogP contribution is 2.48. The molecular weight excluding hydrogens is 538 g/mol. The van der Waals surface area contributed by atoms with Gasteiger partial charge in [0, 0.05) is 42.2 Å². The lowest BCUT2D eigenvalue weighted by Gasteiger charge is -2.47. The van der Waals surface area contributed by atoms with Crippen molar-refractivity contribution in [2.75, 3.05) is 44.3 Å². The fourth-order valence-electron chi connectivity index (χ4n) is 6.03. The summed E-state index contributed by atoms with van der Waals surface area (Å²) in [6.07, 6.45) is 6.21. The second-order valence-corrected chi connectivity index (χ2v) is 12.1. The third-order valence-electron chi connectivity index (χ3n) is 8.14. The molecule has 0 saturated carbocycles. The van der Waals surface area contributed by atoms with Gasteiger partial charge in [0.25, 0.3) is 0 Å². The predicted molar refractivity (Wildman–Crippen MR) is 163 cm³/mol. The van der Waals surface area contributed by atoms with Gasteiger partial charge in [-0.2, -0.15) is 0 Å². The SMILES string of the molecule is NC=C1CC2(Cc3ccc(F)cc3)CN(Sc3ccc(N4CCOCC4)cc3)CCC2=CC1=Nc1ccc(F)cc1. The molecule has 212 valence electrons. The van der Waals surface area contributed by atoms with Crippen LogP contribution in [0.15, 0.2) is 106 Å². The van der Waals surface area contributed by atoms with E-state index in [0.29, 0.717) is 5.69 Å². The molecule has 0 amide bonds. The maximum absolute atomic E-state index is 13.8. The van der Waals surface area contributed by atoms with E-state index < -0.39 is 0 Å². The molecular formula is C33H34F2N4OS. The van der Waals surface area contributed by atoms with Crippen molar-refractivity contribution in [2.24, 2.45) is 16.1 Å². The monoisotopic (exact) mass is 572 g/mol. The van der Waals surface area contributed by atoms with Crippen LogP contribution < -0.4 is 10.6 Å². The van der Waals surface area contributed by atoms with Crippen molar-refractivity contribution in [3.05, 3.63) is 113 Å². The number of morpholine rings is 1. The molecule has 2 saturated heterocycles. The Labute approximate surface area is 244 Å². The largest absolute Gasteiger partial charge is 0.404 e. The number of benzene rings is 3. The van der Waals surface area contributed by atoms with Crippen molar-refractivity contribution < 1.29 is 13.5 Å². The van der Waals surface area contributed by atoms with Crippen LogP contribution in [-0.4, -0.2) is 49.4 Å². The number of ether oxygens (including phenoxy) is 1. The zero-order valence-corrected chi connectivity index (χ0v) is 23.8. The van der Waals surface area contributed by atoms with Gasteiger partial charge in [-0.25, -0.2) is 18.1 Å². The van der Waals surface area contributed by atoms with Crippen molar-refractivity contribution >= 4 is 29.0 Å². The molecule has 0 bridgehead atoms. The lowest BCUT2D eigenvalue weighted by atomic mass is 9.64. The molecule has 2 fully saturated rings. The molecule has 2 heterocycles. The normalized spacial score (nSPS) is 23.5. The van der Waals surface area contributed by atoms with Crippen molar-refractivity contribution in [1.82, 2.24) is 4.31 Å². The topological polar surface area (TPSA) is 54.1 Å². The van der Waals surface area contributed by atoms with Gasteiger partial charge in [-0.1, -0.05) is 17.7 Å². The summed E-state index contributed by atoms with van der Waals surface area (Å²) >= 11 is 1.79. The minimum absolute atomic E-state index is 0.205. The third kappa shape index (κ3) is 6.40. The van der Waals surface area contributed by atoms with Gasteiger partial charge in [-0.15, -0.1) is 0 Å². The maximum Gasteiger partial charge on any atom is 0.123 e. The van der Waals surface area contributed by atoms with E-state index in [1.54, 1.807) is 30.3 Å². The molecule has 3 aromatic carbocycles. The van der Waals surface area contributed by atoms with Crippen molar-refractivity contribution in [1.29, 1.82) is 0 Å². The molecule has 3 aromatic rings. The third-order valence-corrected chi connectivity index (χ3v) is 9.19. The number of halogens is 2. The zero-order valence-electron chi connectivity index (χ0n) is 22.9. The van der Waals surface area contributed by atoms with Gasteiger partial charge >= 0.3 is 0 Å². The smallest absolute Gasteiger partial charge is 0.123 e. The summed E-state index contributed by atoms with van der Waals surface area (Å²) in [5.41, 5.74) is 12.1. The molecule has 2 N–H and O–H groups in total. The van der Waals surface area contributed by atoms with E-state index in [2.05, 4.69) is 39.5 Å². The lowest BCUT2D eigenvalue weighted by Crippen LogP contribution is -2.46. The number of aliphatic imine (C=N–C) groups is 1. The first-order chi connectivity index (χ1) is 20.0. The fraction of sp³-hybridized carbons (Fsp3) is 0.303. The van der Waals surface area contributed by atoms with Crippen LogP contribution in [0.4, 0.5) is 20.2 Å². The number of anilines is 1. The van der Waals surface area contributed by atoms with Gasteiger partial charge in [0.1, 0.15) is 11.6 Å². The first-order valence-electron chi connectivity index (χ1n) is 14.1. The minimum Gasteiger partial charge on any atom is -0.404 e. The van der Waals surface area contributed by atoms with Crippen LogP contribution in [0.3, 0.4) is 0 Å². The van der Waals surface area contributed by atoms with Crippen molar-refractivity contribution in [2.45, 2.75) is 24.2 Å². The average Bonchev–Trinajstić information content (AvgIpc) is 3.00. The Bertz CT molecular complexity index is 1450. The average molecular weight is 573 g/mol. The quantitative estimate of drug-likeness (QED) is 0.334. The summed E-state index contributed by atoms with van der Waals surface area (Å²) in [4.78, 5) is 8.40. The van der Waals surface area contributed by atoms with E-state index in [-0.39, 0.29) is 17.0 Å². The molecule has 6 rings (SSSR count). The van der Waals surface area contributed by atoms with Crippen molar-refractivity contribution in [3.8, 4) is 0 Å². The molecule has 1 unspecified atom stereocenters. The zero-order chi connectivity index (χ0) is 28.2. The van der Waals surface area contributed by atoms with Crippen LogP contribution in [0.1, 0.15) is 18.4 Å². The highest BCUT2D eigenvalue weighted by atomic mass is 32.2. The van der Waals surface area contributed by atoms with Gasteiger partial charge in [-0.3, -0.25) is 0 Å². The van der Waals surface area contributed by atoms with Crippen LogP contribution in [0.25, 0.3) is 0 Å². The van der Waals surface area contributed by atoms with Gasteiger partial charge < -0.3 is 15.4 Å². The highest BCUT2D eigenvalue weighted by Gasteiger charge is 2.43. The van der Waals surface area contributed by atoms with E-state index in [4.69, 9.17) is 15.5 Å². The van der Waals surface area contributed by atoms with E-state index in [0.717, 1.165) is 75.5 Å². The first-order valence-corrected chi connectivity index (χ1v) is 14.8. The van der Waals surface area contributed by atoms with Crippen LogP contribution in [-0.2, 0) is 11.2 Å². The van der Waals surface area contributed by atoms with Crippen LogP contribution >= 0.6 is 11.9 Å². The van der Waals surface area contributed by atoms with Crippen LogP contribution in [0.2, 0.25) is 0 Å². The van der Waals surface area contributed by atoms with E-state index in [1.165, 1.54) is 40.4 Å². The molecule has 8 heteroatoms. The lowest BCUT2D eigenvalue weighted by molar-refractivity contribution is 0.122. The summed E-state index contributed by atoms with van der Waals surface area (Å²) in [7, 11) is 0. The second-order valence-electron chi connectivity index (χ2n) is 10.9. The summed E-state index contributed by atoms with van der Waals surface area (Å²) < 4.78 is 35.2. The van der Waals surface area contributed by atoms with Gasteiger partial charge in [0.2, 0.25) is 0 Å². The van der Waals surface area contributed by atoms with E-state index in [9.17, 15) is 8.78 Å². The van der Waals surface area contributed by atoms with Gasteiger partial charge in [0.15, 0.2) is 0 Å². The Morgan fingerprint density at radius 3 is 2.27 bits per heavy atom. The number of fused-ring (bicyclic) bond motifs is 1. The molecule has 5 nitrogen and oxygen atoms in total. The summed E-state index contributed by atoms with van der Waals surface area (Å²) in [6, 6.07) is 21.8. The Hall–Kier alpha value is -3.46. The number of nitrogens with two attached hydrogens (primary N) is 1. The number of rotatable bonds is 6.